The fraction of sp³-hybridized carbons (Fsp3) is 0.611. The number of nitrogens with one attached hydrogen (secondary N) is 1. The number of anilines is 1. The van der Waals surface area contributed by atoms with Crippen molar-refractivity contribution in [3.05, 3.63) is 23.8 Å². The Morgan fingerprint density at radius 3 is 2.67 bits per heavy atom. The zero-order valence-electron chi connectivity index (χ0n) is 13.6. The largest absolute Gasteiger partial charge is 0.326 e. The highest BCUT2D eigenvalue weighted by Gasteiger charge is 2.29. The van der Waals surface area contributed by atoms with Gasteiger partial charge < -0.3 is 5.32 Å². The van der Waals surface area contributed by atoms with Crippen molar-refractivity contribution >= 4 is 23.4 Å². The first-order valence-corrected chi connectivity index (χ1v) is 8.94. The Morgan fingerprint density at radius 2 is 2.10 bits per heavy atom. The standard InChI is InChI=1S/C18H27NOS/c1-5-14(4)21-16-8-9-17(13(3)10-16)19-18(20)11-12(2)15-6-7-15/h8-10,12,14-15H,5-7,11H2,1-4H3,(H,19,20). The number of benzene rings is 1. The van der Waals surface area contributed by atoms with Crippen LogP contribution in [0.25, 0.3) is 0 Å². The quantitative estimate of drug-likeness (QED) is 0.696. The van der Waals surface area contributed by atoms with Crippen molar-refractivity contribution in [1.29, 1.82) is 0 Å². The van der Waals surface area contributed by atoms with Crippen LogP contribution in [-0.2, 0) is 4.79 Å². The number of aryl methyl sites for hydroxylation is 1. The smallest absolute Gasteiger partial charge is 0.224 e. The first-order valence-electron chi connectivity index (χ1n) is 8.06. The lowest BCUT2D eigenvalue weighted by Gasteiger charge is -2.14. The number of carbonyl (C=O) groups is 1. The van der Waals surface area contributed by atoms with E-state index in [0.717, 1.165) is 17.2 Å². The van der Waals surface area contributed by atoms with Crippen LogP contribution in [0.1, 0.15) is 52.0 Å². The number of amides is 1. The molecule has 1 N–H and O–H groups in total. The van der Waals surface area contributed by atoms with Crippen LogP contribution in [0.15, 0.2) is 23.1 Å². The minimum Gasteiger partial charge on any atom is -0.326 e. The van der Waals surface area contributed by atoms with Crippen LogP contribution in [0.3, 0.4) is 0 Å². The van der Waals surface area contributed by atoms with E-state index in [-0.39, 0.29) is 5.91 Å². The van der Waals surface area contributed by atoms with Crippen LogP contribution in [0.4, 0.5) is 5.69 Å². The molecular formula is C18H27NOS. The van der Waals surface area contributed by atoms with Crippen LogP contribution < -0.4 is 5.32 Å². The molecule has 21 heavy (non-hydrogen) atoms. The summed E-state index contributed by atoms with van der Waals surface area (Å²) in [6.07, 6.45) is 4.42. The van der Waals surface area contributed by atoms with E-state index in [1.807, 2.05) is 17.8 Å². The first kappa shape index (κ1) is 16.4. The Kier molecular flexibility index (Phi) is 5.74. The summed E-state index contributed by atoms with van der Waals surface area (Å²) in [7, 11) is 0. The third-order valence-electron chi connectivity index (χ3n) is 4.32. The van der Waals surface area contributed by atoms with E-state index in [0.29, 0.717) is 17.6 Å². The van der Waals surface area contributed by atoms with E-state index in [1.54, 1.807) is 0 Å². The maximum absolute atomic E-state index is 12.1. The lowest BCUT2D eigenvalue weighted by Crippen LogP contribution is -2.16. The summed E-state index contributed by atoms with van der Waals surface area (Å²) in [6, 6.07) is 6.33. The molecule has 0 spiro atoms. The van der Waals surface area contributed by atoms with E-state index in [2.05, 4.69) is 45.1 Å². The van der Waals surface area contributed by atoms with Gasteiger partial charge in [0.15, 0.2) is 0 Å². The SMILES string of the molecule is CCC(C)Sc1ccc(NC(=O)CC(C)C2CC2)c(C)c1. The fourth-order valence-electron chi connectivity index (χ4n) is 2.49. The Bertz CT molecular complexity index is 496. The summed E-state index contributed by atoms with van der Waals surface area (Å²) < 4.78 is 0. The van der Waals surface area contributed by atoms with Gasteiger partial charge in [0.25, 0.3) is 0 Å². The molecule has 0 bridgehead atoms. The van der Waals surface area contributed by atoms with Gasteiger partial charge >= 0.3 is 0 Å². The minimum absolute atomic E-state index is 0.153. The van der Waals surface area contributed by atoms with Crippen LogP contribution in [0.2, 0.25) is 0 Å². The molecule has 3 heteroatoms. The molecule has 2 unspecified atom stereocenters. The van der Waals surface area contributed by atoms with Crippen molar-refractivity contribution < 1.29 is 4.79 Å². The molecule has 1 aromatic carbocycles. The second-order valence-corrected chi connectivity index (χ2v) is 7.89. The van der Waals surface area contributed by atoms with E-state index in [1.165, 1.54) is 24.2 Å². The highest BCUT2D eigenvalue weighted by molar-refractivity contribution is 7.99. The van der Waals surface area contributed by atoms with Crippen LogP contribution in [0.5, 0.6) is 0 Å². The number of hydrogen-bond acceptors (Lipinski definition) is 2. The number of hydrogen-bond donors (Lipinski definition) is 1. The van der Waals surface area contributed by atoms with Gasteiger partial charge in [-0.05, 0) is 61.8 Å². The van der Waals surface area contributed by atoms with Crippen LogP contribution in [-0.4, -0.2) is 11.2 Å². The molecule has 1 fully saturated rings. The molecule has 2 nitrogen and oxygen atoms in total. The van der Waals surface area contributed by atoms with Crippen molar-refractivity contribution in [3.63, 3.8) is 0 Å². The number of rotatable bonds is 7. The molecule has 1 aliphatic rings. The van der Waals surface area contributed by atoms with Crippen molar-refractivity contribution in [2.75, 3.05) is 5.32 Å². The van der Waals surface area contributed by atoms with Crippen molar-refractivity contribution in [2.24, 2.45) is 11.8 Å². The lowest BCUT2D eigenvalue weighted by atomic mass is 10.0. The van der Waals surface area contributed by atoms with Gasteiger partial charge in [0.05, 0.1) is 0 Å². The highest BCUT2D eigenvalue weighted by atomic mass is 32.2. The van der Waals surface area contributed by atoms with Gasteiger partial charge in [-0.2, -0.15) is 0 Å². The van der Waals surface area contributed by atoms with Crippen molar-refractivity contribution in [1.82, 2.24) is 0 Å². The third kappa shape index (κ3) is 5.06. The maximum Gasteiger partial charge on any atom is 0.224 e. The molecule has 1 saturated carbocycles. The Labute approximate surface area is 133 Å². The molecule has 1 aliphatic carbocycles. The Morgan fingerprint density at radius 1 is 1.38 bits per heavy atom. The molecule has 0 heterocycles. The minimum atomic E-state index is 0.153. The van der Waals surface area contributed by atoms with Crippen LogP contribution in [0, 0.1) is 18.8 Å². The second kappa shape index (κ2) is 7.35. The summed E-state index contributed by atoms with van der Waals surface area (Å²) in [5.74, 6) is 1.46. The normalized spacial score (nSPS) is 17.3. The summed E-state index contributed by atoms with van der Waals surface area (Å²) in [5, 5.41) is 3.70. The van der Waals surface area contributed by atoms with E-state index in [9.17, 15) is 4.79 Å². The average Bonchev–Trinajstić information content (AvgIpc) is 3.26. The monoisotopic (exact) mass is 305 g/mol. The number of thioether (sulfide) groups is 1. The van der Waals surface area contributed by atoms with E-state index >= 15 is 0 Å². The predicted molar refractivity (Wildman–Crippen MR) is 91.9 cm³/mol. The van der Waals surface area contributed by atoms with Gasteiger partial charge in [0.1, 0.15) is 0 Å². The van der Waals surface area contributed by atoms with Gasteiger partial charge in [-0.25, -0.2) is 0 Å². The molecule has 1 amide bonds. The van der Waals surface area contributed by atoms with Crippen molar-refractivity contribution in [2.45, 2.75) is 63.5 Å². The van der Waals surface area contributed by atoms with Gasteiger partial charge in [0.2, 0.25) is 5.91 Å². The summed E-state index contributed by atoms with van der Waals surface area (Å²) in [4.78, 5) is 13.4. The molecule has 1 aromatic rings. The highest BCUT2D eigenvalue weighted by Crippen LogP contribution is 2.38. The zero-order valence-corrected chi connectivity index (χ0v) is 14.4. The molecule has 2 atom stereocenters. The van der Waals surface area contributed by atoms with E-state index < -0.39 is 0 Å². The van der Waals surface area contributed by atoms with Gasteiger partial charge in [-0.15, -0.1) is 11.8 Å². The topological polar surface area (TPSA) is 29.1 Å². The molecule has 2 rings (SSSR count). The van der Waals surface area contributed by atoms with Crippen molar-refractivity contribution in [3.8, 4) is 0 Å². The van der Waals surface area contributed by atoms with Gasteiger partial charge in [0, 0.05) is 22.3 Å². The summed E-state index contributed by atoms with van der Waals surface area (Å²) >= 11 is 1.90. The lowest BCUT2D eigenvalue weighted by molar-refractivity contribution is -0.117. The Balaban J connectivity index is 1.92. The molecular weight excluding hydrogens is 278 g/mol. The second-order valence-electron chi connectivity index (χ2n) is 6.38. The molecule has 0 saturated heterocycles. The molecule has 0 aromatic heterocycles. The first-order chi connectivity index (χ1) is 9.99. The fourth-order valence-corrected chi connectivity index (χ4v) is 3.51. The molecule has 116 valence electrons. The Hall–Kier alpha value is -0.960. The van der Waals surface area contributed by atoms with Gasteiger partial charge in [-0.3, -0.25) is 4.79 Å². The number of carbonyl (C=O) groups excluding carboxylic acids is 1. The summed E-state index contributed by atoms with van der Waals surface area (Å²) in [5.41, 5.74) is 2.10. The summed E-state index contributed by atoms with van der Waals surface area (Å²) in [6.45, 7) is 8.71. The van der Waals surface area contributed by atoms with Gasteiger partial charge in [-0.1, -0.05) is 20.8 Å². The van der Waals surface area contributed by atoms with Crippen LogP contribution >= 0.6 is 11.8 Å². The predicted octanol–water partition coefficient (Wildman–Crippen LogP) is 5.26. The third-order valence-corrected chi connectivity index (χ3v) is 5.58. The molecule has 0 aliphatic heterocycles. The molecule has 0 radical (unpaired) electrons. The maximum atomic E-state index is 12.1. The zero-order chi connectivity index (χ0) is 15.4. The van der Waals surface area contributed by atoms with E-state index in [4.69, 9.17) is 0 Å². The average molecular weight is 305 g/mol.